The van der Waals surface area contributed by atoms with E-state index in [1.165, 1.54) is 6.07 Å². The van der Waals surface area contributed by atoms with E-state index in [9.17, 15) is 4.39 Å². The minimum absolute atomic E-state index is 0.167. The lowest BCUT2D eigenvalue weighted by Gasteiger charge is -2.25. The van der Waals surface area contributed by atoms with Crippen LogP contribution in [0.2, 0.25) is 0 Å². The van der Waals surface area contributed by atoms with E-state index in [1.807, 2.05) is 24.4 Å². The third-order valence-corrected chi connectivity index (χ3v) is 2.43. The minimum Gasteiger partial charge on any atom is -0.365 e. The van der Waals surface area contributed by atoms with Gasteiger partial charge in [0, 0.05) is 26.1 Å². The predicted molar refractivity (Wildman–Crippen MR) is 55.1 cm³/mol. The molecule has 1 aromatic carbocycles. The van der Waals surface area contributed by atoms with Crippen molar-refractivity contribution < 1.29 is 4.39 Å². The molecule has 74 valence electrons. The lowest BCUT2D eigenvalue weighted by atomic mass is 9.98. The van der Waals surface area contributed by atoms with Crippen molar-refractivity contribution in [2.75, 3.05) is 20.1 Å². The van der Waals surface area contributed by atoms with Gasteiger partial charge in [-0.3, -0.25) is 4.99 Å². The number of likely N-dealkylation sites (N-methyl/N-ethyl adjacent to an activating group) is 1. The highest BCUT2D eigenvalue weighted by Gasteiger charge is 2.15. The Kier molecular flexibility index (Phi) is 2.48. The van der Waals surface area contributed by atoms with Crippen molar-refractivity contribution in [3.05, 3.63) is 35.6 Å². The molecule has 1 aromatic rings. The summed E-state index contributed by atoms with van der Waals surface area (Å²) in [4.78, 5) is 6.25. The van der Waals surface area contributed by atoms with Crippen LogP contribution in [0.5, 0.6) is 0 Å². The van der Waals surface area contributed by atoms with Crippen molar-refractivity contribution in [2.24, 2.45) is 4.99 Å². The lowest BCUT2D eigenvalue weighted by Crippen LogP contribution is -2.29. The van der Waals surface area contributed by atoms with Gasteiger partial charge in [0.15, 0.2) is 0 Å². The molecule has 3 heteroatoms. The molecular weight excluding hydrogens is 179 g/mol. The maximum Gasteiger partial charge on any atom is 0.123 e. The molecule has 1 aliphatic heterocycles. The van der Waals surface area contributed by atoms with Crippen molar-refractivity contribution in [1.29, 1.82) is 0 Å². The van der Waals surface area contributed by atoms with Crippen LogP contribution in [0, 0.1) is 5.82 Å². The molecule has 0 radical (unpaired) electrons. The van der Waals surface area contributed by atoms with Crippen LogP contribution in [0.1, 0.15) is 11.5 Å². The maximum atomic E-state index is 13.0. The van der Waals surface area contributed by atoms with E-state index < -0.39 is 0 Å². The molecule has 0 saturated heterocycles. The second kappa shape index (κ2) is 3.78. The summed E-state index contributed by atoms with van der Waals surface area (Å²) in [6.07, 6.45) is 1.83. The third-order valence-electron chi connectivity index (χ3n) is 2.43. The fraction of sp³-hybridized carbons (Fsp3) is 0.364. The second-order valence-electron chi connectivity index (χ2n) is 3.67. The highest BCUT2D eigenvalue weighted by Crippen LogP contribution is 2.19. The van der Waals surface area contributed by atoms with Gasteiger partial charge in [-0.25, -0.2) is 4.39 Å². The van der Waals surface area contributed by atoms with E-state index in [-0.39, 0.29) is 5.82 Å². The number of rotatable bonds is 1. The Morgan fingerprint density at radius 3 is 3.07 bits per heavy atom. The van der Waals surface area contributed by atoms with Crippen molar-refractivity contribution in [1.82, 2.24) is 4.90 Å². The molecule has 2 rings (SSSR count). The van der Waals surface area contributed by atoms with Crippen LogP contribution < -0.4 is 0 Å². The molecular formula is C11H13FN2. The number of nitrogens with zero attached hydrogens (tertiary/aromatic N) is 2. The van der Waals surface area contributed by atoms with Gasteiger partial charge in [-0.1, -0.05) is 12.1 Å². The van der Waals surface area contributed by atoms with E-state index >= 15 is 0 Å². The predicted octanol–water partition coefficient (Wildman–Crippen LogP) is 1.88. The molecule has 0 bridgehead atoms. The zero-order valence-corrected chi connectivity index (χ0v) is 8.15. The first-order valence-corrected chi connectivity index (χ1v) is 4.71. The maximum absolute atomic E-state index is 13.0. The lowest BCUT2D eigenvalue weighted by molar-refractivity contribution is 0.438. The quantitative estimate of drug-likeness (QED) is 0.663. The Balaban J connectivity index is 2.19. The summed E-state index contributed by atoms with van der Waals surface area (Å²) >= 11 is 0. The van der Waals surface area contributed by atoms with Crippen molar-refractivity contribution in [3.63, 3.8) is 0 Å². The molecule has 1 aliphatic rings. The summed E-state index contributed by atoms with van der Waals surface area (Å²) in [5.74, 6) is 0.153. The summed E-state index contributed by atoms with van der Waals surface area (Å²) < 4.78 is 13.0. The standard InChI is InChI=1S/C11H13FN2/c1-14-7-10(6-13-8-14)9-3-2-4-11(12)5-9/h2-5,8,10H,6-7H2,1H3. The molecule has 0 amide bonds. The van der Waals surface area contributed by atoms with Gasteiger partial charge in [0.2, 0.25) is 0 Å². The van der Waals surface area contributed by atoms with E-state index in [0.717, 1.165) is 18.7 Å². The summed E-state index contributed by atoms with van der Waals surface area (Å²) in [6, 6.07) is 6.78. The van der Waals surface area contributed by atoms with E-state index in [2.05, 4.69) is 4.99 Å². The van der Waals surface area contributed by atoms with Gasteiger partial charge in [0.05, 0.1) is 6.34 Å². The average Bonchev–Trinajstić information content (AvgIpc) is 2.18. The van der Waals surface area contributed by atoms with Crippen LogP contribution >= 0.6 is 0 Å². The molecule has 0 aliphatic carbocycles. The molecule has 1 atom stereocenters. The molecule has 0 fully saturated rings. The summed E-state index contributed by atoms with van der Waals surface area (Å²) in [7, 11) is 1.98. The molecule has 0 aromatic heterocycles. The van der Waals surface area contributed by atoms with Crippen molar-refractivity contribution in [2.45, 2.75) is 5.92 Å². The Bertz CT molecular complexity index is 349. The first-order chi connectivity index (χ1) is 6.75. The van der Waals surface area contributed by atoms with Gasteiger partial charge in [0.25, 0.3) is 0 Å². The van der Waals surface area contributed by atoms with Crippen LogP contribution in [0.25, 0.3) is 0 Å². The fourth-order valence-corrected chi connectivity index (χ4v) is 1.74. The molecule has 0 spiro atoms. The average molecular weight is 192 g/mol. The molecule has 1 unspecified atom stereocenters. The third kappa shape index (κ3) is 1.92. The normalized spacial score (nSPS) is 21.3. The molecule has 2 nitrogen and oxygen atoms in total. The Morgan fingerprint density at radius 1 is 1.50 bits per heavy atom. The van der Waals surface area contributed by atoms with Crippen LogP contribution in [0.3, 0.4) is 0 Å². The van der Waals surface area contributed by atoms with E-state index in [4.69, 9.17) is 0 Å². The number of aliphatic imine (C=N–C) groups is 1. The largest absolute Gasteiger partial charge is 0.365 e. The van der Waals surface area contributed by atoms with Crippen LogP contribution in [0.4, 0.5) is 4.39 Å². The first kappa shape index (κ1) is 9.19. The smallest absolute Gasteiger partial charge is 0.123 e. The zero-order chi connectivity index (χ0) is 9.97. The minimum atomic E-state index is -0.167. The Morgan fingerprint density at radius 2 is 2.36 bits per heavy atom. The van der Waals surface area contributed by atoms with Gasteiger partial charge in [-0.2, -0.15) is 0 Å². The van der Waals surface area contributed by atoms with Crippen LogP contribution in [-0.4, -0.2) is 31.4 Å². The van der Waals surface area contributed by atoms with Gasteiger partial charge >= 0.3 is 0 Å². The van der Waals surface area contributed by atoms with Gasteiger partial charge in [0.1, 0.15) is 5.82 Å². The zero-order valence-electron chi connectivity index (χ0n) is 8.15. The van der Waals surface area contributed by atoms with Crippen molar-refractivity contribution in [3.8, 4) is 0 Å². The Labute approximate surface area is 83.1 Å². The van der Waals surface area contributed by atoms with Crippen LogP contribution in [0.15, 0.2) is 29.3 Å². The number of benzene rings is 1. The van der Waals surface area contributed by atoms with Crippen LogP contribution in [-0.2, 0) is 0 Å². The second-order valence-corrected chi connectivity index (χ2v) is 3.67. The van der Waals surface area contributed by atoms with Gasteiger partial charge in [-0.05, 0) is 17.7 Å². The fourth-order valence-electron chi connectivity index (χ4n) is 1.74. The summed E-state index contributed by atoms with van der Waals surface area (Å²) in [5.41, 5.74) is 1.04. The van der Waals surface area contributed by atoms with Crippen molar-refractivity contribution >= 4 is 6.34 Å². The summed E-state index contributed by atoms with van der Waals surface area (Å²) in [6.45, 7) is 1.67. The molecule has 0 saturated carbocycles. The van der Waals surface area contributed by atoms with E-state index in [1.54, 1.807) is 12.1 Å². The van der Waals surface area contributed by atoms with E-state index in [0.29, 0.717) is 5.92 Å². The number of halogens is 1. The highest BCUT2D eigenvalue weighted by molar-refractivity contribution is 5.56. The number of hydrogen-bond acceptors (Lipinski definition) is 2. The van der Waals surface area contributed by atoms with Gasteiger partial charge < -0.3 is 4.90 Å². The monoisotopic (exact) mass is 192 g/mol. The Hall–Kier alpha value is -1.38. The highest BCUT2D eigenvalue weighted by atomic mass is 19.1. The SMILES string of the molecule is CN1C=NCC(c2cccc(F)c2)C1. The topological polar surface area (TPSA) is 15.6 Å². The summed E-state index contributed by atoms with van der Waals surface area (Å²) in [5, 5.41) is 0. The molecule has 0 N–H and O–H groups in total. The molecule has 1 heterocycles. The number of hydrogen-bond donors (Lipinski definition) is 0. The molecule has 14 heavy (non-hydrogen) atoms. The first-order valence-electron chi connectivity index (χ1n) is 4.71. The van der Waals surface area contributed by atoms with Gasteiger partial charge in [-0.15, -0.1) is 0 Å².